The van der Waals surface area contributed by atoms with Crippen molar-refractivity contribution in [3.63, 3.8) is 0 Å². The topological polar surface area (TPSA) is 34.5 Å². The number of hydrogen-bond acceptors (Lipinski definition) is 4. The van der Waals surface area contributed by atoms with Gasteiger partial charge in [0.2, 0.25) is 0 Å². The van der Waals surface area contributed by atoms with Gasteiger partial charge in [-0.15, -0.1) is 17.8 Å². The number of nitrogens with zero attached hydrogens (tertiary/aromatic N) is 2. The average molecular weight is 245 g/mol. The second-order valence-corrected chi connectivity index (χ2v) is 4.16. The number of aromatic nitrogens is 1. The smallest absolute Gasteiger partial charge is 0.177 e. The van der Waals surface area contributed by atoms with E-state index in [-0.39, 0.29) is 6.61 Å². The standard InChI is InChI=1S/C7H5BrN2OS/c1-2-3-11-10-5-7-9-4-6(8)12-7/h1,4-5H,3H2/b10-5+. The molecule has 0 aliphatic carbocycles. The van der Waals surface area contributed by atoms with Crippen LogP contribution in [0, 0.1) is 12.3 Å². The van der Waals surface area contributed by atoms with E-state index in [2.05, 4.69) is 36.8 Å². The van der Waals surface area contributed by atoms with Crippen molar-refractivity contribution >= 4 is 33.5 Å². The average Bonchev–Trinajstić information content (AvgIpc) is 2.45. The summed E-state index contributed by atoms with van der Waals surface area (Å²) >= 11 is 4.75. The lowest BCUT2D eigenvalue weighted by molar-refractivity contribution is 0.181. The maximum Gasteiger partial charge on any atom is 0.177 e. The van der Waals surface area contributed by atoms with Crippen molar-refractivity contribution in [1.82, 2.24) is 4.98 Å². The fraction of sp³-hybridized carbons (Fsp3) is 0.143. The number of hydrogen-bond donors (Lipinski definition) is 0. The molecule has 0 saturated heterocycles. The van der Waals surface area contributed by atoms with Gasteiger partial charge in [-0.2, -0.15) is 0 Å². The third kappa shape index (κ3) is 3.03. The van der Waals surface area contributed by atoms with Crippen molar-refractivity contribution in [1.29, 1.82) is 0 Å². The third-order valence-electron chi connectivity index (χ3n) is 0.881. The van der Waals surface area contributed by atoms with Crippen LogP contribution in [0.2, 0.25) is 0 Å². The first kappa shape index (κ1) is 9.23. The van der Waals surface area contributed by atoms with Crippen LogP contribution in [0.5, 0.6) is 0 Å². The summed E-state index contributed by atoms with van der Waals surface area (Å²) in [6.07, 6.45) is 8.16. The minimum absolute atomic E-state index is 0.184. The highest BCUT2D eigenvalue weighted by Gasteiger charge is 1.94. The predicted octanol–water partition coefficient (Wildman–Crippen LogP) is 1.89. The molecule has 0 N–H and O–H groups in total. The first-order valence-electron chi connectivity index (χ1n) is 3.03. The van der Waals surface area contributed by atoms with Gasteiger partial charge in [-0.05, 0) is 15.9 Å². The molecule has 3 nitrogen and oxygen atoms in total. The molecule has 0 bridgehead atoms. The molecule has 12 heavy (non-hydrogen) atoms. The number of terminal acetylenes is 1. The van der Waals surface area contributed by atoms with Gasteiger partial charge in [-0.3, -0.25) is 0 Å². The monoisotopic (exact) mass is 244 g/mol. The summed E-state index contributed by atoms with van der Waals surface area (Å²) in [7, 11) is 0. The van der Waals surface area contributed by atoms with E-state index in [9.17, 15) is 0 Å². The lowest BCUT2D eigenvalue weighted by Crippen LogP contribution is -1.83. The van der Waals surface area contributed by atoms with Gasteiger partial charge in [0, 0.05) is 0 Å². The minimum atomic E-state index is 0.184. The molecule has 1 aromatic rings. The molecule has 1 heterocycles. The van der Waals surface area contributed by atoms with Gasteiger partial charge in [-0.1, -0.05) is 11.1 Å². The Morgan fingerprint density at radius 3 is 3.33 bits per heavy atom. The van der Waals surface area contributed by atoms with Crippen LogP contribution in [-0.4, -0.2) is 17.8 Å². The van der Waals surface area contributed by atoms with Gasteiger partial charge in [0.15, 0.2) is 6.61 Å². The molecule has 0 spiro atoms. The Labute approximate surface area is 82.6 Å². The Kier molecular flexibility index (Phi) is 3.77. The van der Waals surface area contributed by atoms with E-state index in [0.717, 1.165) is 8.79 Å². The summed E-state index contributed by atoms with van der Waals surface area (Å²) in [6, 6.07) is 0. The molecule has 0 amide bonds. The Morgan fingerprint density at radius 2 is 2.75 bits per heavy atom. The summed E-state index contributed by atoms with van der Waals surface area (Å²) in [4.78, 5) is 8.68. The fourth-order valence-electron chi connectivity index (χ4n) is 0.484. The number of rotatable bonds is 3. The number of oxime groups is 1. The molecule has 0 fully saturated rings. The largest absolute Gasteiger partial charge is 0.383 e. The van der Waals surface area contributed by atoms with E-state index < -0.39 is 0 Å². The first-order chi connectivity index (χ1) is 5.83. The van der Waals surface area contributed by atoms with E-state index in [1.165, 1.54) is 17.6 Å². The van der Waals surface area contributed by atoms with Crippen molar-refractivity contribution in [3.05, 3.63) is 15.0 Å². The first-order valence-corrected chi connectivity index (χ1v) is 4.64. The molecule has 0 saturated carbocycles. The van der Waals surface area contributed by atoms with Crippen LogP contribution in [0.15, 0.2) is 15.1 Å². The zero-order valence-electron chi connectivity index (χ0n) is 6.03. The molecule has 1 rings (SSSR count). The second-order valence-electron chi connectivity index (χ2n) is 1.71. The van der Waals surface area contributed by atoms with Crippen LogP contribution in [0.4, 0.5) is 0 Å². The van der Waals surface area contributed by atoms with Crippen LogP contribution >= 0.6 is 27.3 Å². The van der Waals surface area contributed by atoms with Crippen molar-refractivity contribution in [2.45, 2.75) is 0 Å². The lowest BCUT2D eigenvalue weighted by atomic mass is 10.8. The summed E-state index contributed by atoms with van der Waals surface area (Å²) in [5.41, 5.74) is 0. The van der Waals surface area contributed by atoms with Crippen LogP contribution in [0.3, 0.4) is 0 Å². The summed E-state index contributed by atoms with van der Waals surface area (Å²) in [6.45, 7) is 0.184. The van der Waals surface area contributed by atoms with Crippen LogP contribution in [-0.2, 0) is 4.84 Å². The SMILES string of the molecule is C#CCO/N=C/c1ncc(Br)s1. The third-order valence-corrected chi connectivity index (χ3v) is 2.29. The van der Waals surface area contributed by atoms with Crippen LogP contribution < -0.4 is 0 Å². The molecule has 0 aliphatic heterocycles. The molecule has 0 unspecified atom stereocenters. The number of thiazole rings is 1. The van der Waals surface area contributed by atoms with Gasteiger partial charge in [0.25, 0.3) is 0 Å². The Balaban J connectivity index is 2.42. The molecule has 1 aromatic heterocycles. The Morgan fingerprint density at radius 1 is 1.92 bits per heavy atom. The van der Waals surface area contributed by atoms with Gasteiger partial charge in [0.1, 0.15) is 11.2 Å². The van der Waals surface area contributed by atoms with E-state index in [1.807, 2.05) is 0 Å². The Hall–Kier alpha value is -0.860. The van der Waals surface area contributed by atoms with E-state index in [4.69, 9.17) is 6.42 Å². The van der Waals surface area contributed by atoms with Crippen molar-refractivity contribution in [2.75, 3.05) is 6.61 Å². The van der Waals surface area contributed by atoms with E-state index in [0.29, 0.717) is 0 Å². The van der Waals surface area contributed by atoms with E-state index >= 15 is 0 Å². The van der Waals surface area contributed by atoms with Gasteiger partial charge in [0.05, 0.1) is 9.98 Å². The molecule has 0 aliphatic rings. The highest BCUT2D eigenvalue weighted by molar-refractivity contribution is 9.11. The predicted molar refractivity (Wildman–Crippen MR) is 52.2 cm³/mol. The van der Waals surface area contributed by atoms with Gasteiger partial charge >= 0.3 is 0 Å². The molecule has 62 valence electrons. The second kappa shape index (κ2) is 4.91. The molecule has 0 radical (unpaired) electrons. The maximum atomic E-state index is 4.94. The summed E-state index contributed by atoms with van der Waals surface area (Å²) in [5, 5.41) is 4.38. The zero-order chi connectivity index (χ0) is 8.81. The molecule has 0 atom stereocenters. The van der Waals surface area contributed by atoms with Crippen molar-refractivity contribution in [3.8, 4) is 12.3 Å². The fourth-order valence-corrected chi connectivity index (χ4v) is 1.59. The highest BCUT2D eigenvalue weighted by Crippen LogP contribution is 2.17. The van der Waals surface area contributed by atoms with Crippen LogP contribution in [0.1, 0.15) is 5.01 Å². The molecule has 5 heteroatoms. The highest BCUT2D eigenvalue weighted by atomic mass is 79.9. The van der Waals surface area contributed by atoms with Gasteiger partial charge in [-0.25, -0.2) is 4.98 Å². The van der Waals surface area contributed by atoms with Crippen LogP contribution in [0.25, 0.3) is 0 Å². The number of halogens is 1. The minimum Gasteiger partial charge on any atom is -0.383 e. The Bertz CT molecular complexity index is 315. The lowest BCUT2D eigenvalue weighted by Gasteiger charge is -1.86. The normalized spacial score (nSPS) is 10.0. The maximum absolute atomic E-state index is 4.94. The molecule has 0 aromatic carbocycles. The molecular weight excluding hydrogens is 240 g/mol. The summed E-state index contributed by atoms with van der Waals surface area (Å²) < 4.78 is 0.959. The zero-order valence-corrected chi connectivity index (χ0v) is 8.43. The summed E-state index contributed by atoms with van der Waals surface area (Å²) in [5.74, 6) is 2.30. The van der Waals surface area contributed by atoms with E-state index in [1.54, 1.807) is 6.20 Å². The van der Waals surface area contributed by atoms with Crippen molar-refractivity contribution in [2.24, 2.45) is 5.16 Å². The molecular formula is C7H5BrN2OS. The quantitative estimate of drug-likeness (QED) is 0.352. The van der Waals surface area contributed by atoms with Gasteiger partial charge < -0.3 is 4.84 Å². The van der Waals surface area contributed by atoms with Crippen molar-refractivity contribution < 1.29 is 4.84 Å².